The Labute approximate surface area is 133 Å². The minimum Gasteiger partial charge on any atom is -0.360 e. The van der Waals surface area contributed by atoms with E-state index in [1.807, 2.05) is 25.1 Å². The molecule has 1 saturated carbocycles. The van der Waals surface area contributed by atoms with Gasteiger partial charge in [0.15, 0.2) is 5.69 Å². The fourth-order valence-electron chi connectivity index (χ4n) is 2.83. The predicted molar refractivity (Wildman–Crippen MR) is 83.1 cm³/mol. The highest BCUT2D eigenvalue weighted by atomic mass is 16.5. The number of benzene rings is 1. The van der Waals surface area contributed by atoms with E-state index in [0.717, 1.165) is 35.4 Å². The van der Waals surface area contributed by atoms with Gasteiger partial charge in [-0.3, -0.25) is 9.59 Å². The second kappa shape index (κ2) is 5.22. The molecule has 0 radical (unpaired) electrons. The Morgan fingerprint density at radius 2 is 2.22 bits per heavy atom. The van der Waals surface area contributed by atoms with Crippen molar-refractivity contribution in [3.05, 3.63) is 46.8 Å². The Morgan fingerprint density at radius 1 is 1.39 bits per heavy atom. The summed E-state index contributed by atoms with van der Waals surface area (Å²) in [4.78, 5) is 23.7. The first-order valence-electron chi connectivity index (χ1n) is 7.80. The van der Waals surface area contributed by atoms with E-state index in [0.29, 0.717) is 18.0 Å². The van der Waals surface area contributed by atoms with Crippen LogP contribution >= 0.6 is 0 Å². The largest absolute Gasteiger partial charge is 0.360 e. The van der Waals surface area contributed by atoms with Gasteiger partial charge in [-0.25, -0.2) is 0 Å². The molecule has 1 aliphatic heterocycles. The molecule has 1 aromatic heterocycles. The molecule has 1 fully saturated rings. The molecule has 1 aromatic carbocycles. The number of nitrogens with one attached hydrogen (secondary N) is 2. The van der Waals surface area contributed by atoms with Gasteiger partial charge in [0.25, 0.3) is 5.91 Å². The second-order valence-electron chi connectivity index (χ2n) is 6.23. The van der Waals surface area contributed by atoms with E-state index in [1.54, 1.807) is 6.07 Å². The van der Waals surface area contributed by atoms with Crippen LogP contribution in [0.3, 0.4) is 0 Å². The molecule has 118 valence electrons. The highest BCUT2D eigenvalue weighted by molar-refractivity contribution is 5.99. The third kappa shape index (κ3) is 2.72. The Kier molecular flexibility index (Phi) is 3.18. The zero-order valence-corrected chi connectivity index (χ0v) is 12.8. The summed E-state index contributed by atoms with van der Waals surface area (Å²) in [5.41, 5.74) is 3.09. The van der Waals surface area contributed by atoms with Gasteiger partial charge in [0.1, 0.15) is 5.76 Å². The molecule has 2 heterocycles. The quantitative estimate of drug-likeness (QED) is 0.908. The van der Waals surface area contributed by atoms with Gasteiger partial charge in [0.2, 0.25) is 5.91 Å². The number of nitrogens with zero attached hydrogens (tertiary/aromatic N) is 1. The number of carbonyl (C=O) groups is 2. The van der Waals surface area contributed by atoms with Crippen LogP contribution in [0.25, 0.3) is 0 Å². The van der Waals surface area contributed by atoms with Gasteiger partial charge < -0.3 is 15.2 Å². The van der Waals surface area contributed by atoms with E-state index < -0.39 is 0 Å². The van der Waals surface area contributed by atoms with Crippen molar-refractivity contribution in [2.24, 2.45) is 0 Å². The number of rotatable bonds is 4. The number of hydrogen-bond acceptors (Lipinski definition) is 4. The molecule has 0 saturated heterocycles. The van der Waals surface area contributed by atoms with Gasteiger partial charge in [0, 0.05) is 17.7 Å². The molecule has 2 aromatic rings. The fraction of sp³-hybridized carbons (Fsp3) is 0.353. The van der Waals surface area contributed by atoms with E-state index >= 15 is 0 Å². The van der Waals surface area contributed by atoms with Crippen LogP contribution < -0.4 is 10.6 Å². The lowest BCUT2D eigenvalue weighted by molar-refractivity contribution is -0.115. The van der Waals surface area contributed by atoms with Crippen molar-refractivity contribution in [2.45, 2.75) is 38.1 Å². The zero-order valence-electron chi connectivity index (χ0n) is 12.8. The highest BCUT2D eigenvalue weighted by Crippen LogP contribution is 2.40. The van der Waals surface area contributed by atoms with E-state index in [2.05, 4.69) is 15.8 Å². The number of fused-ring (bicyclic) bond motifs is 1. The Balaban J connectivity index is 1.46. The maximum absolute atomic E-state index is 12.3. The van der Waals surface area contributed by atoms with Crippen LogP contribution in [0, 0.1) is 0 Å². The van der Waals surface area contributed by atoms with Crippen molar-refractivity contribution in [1.29, 1.82) is 0 Å². The third-order valence-electron chi connectivity index (χ3n) is 4.34. The molecular weight excluding hydrogens is 294 g/mol. The van der Waals surface area contributed by atoms with Crippen LogP contribution in [0.15, 0.2) is 28.8 Å². The Bertz CT molecular complexity index is 792. The number of amides is 2. The molecule has 6 nitrogen and oxygen atoms in total. The molecule has 2 aliphatic rings. The monoisotopic (exact) mass is 311 g/mol. The van der Waals surface area contributed by atoms with Gasteiger partial charge in [0.05, 0.1) is 12.5 Å². The van der Waals surface area contributed by atoms with E-state index in [1.165, 1.54) is 0 Å². The topological polar surface area (TPSA) is 84.2 Å². The summed E-state index contributed by atoms with van der Waals surface area (Å²) in [7, 11) is 0. The maximum Gasteiger partial charge on any atom is 0.273 e. The molecule has 0 spiro atoms. The molecule has 0 unspecified atom stereocenters. The lowest BCUT2D eigenvalue weighted by Gasteiger charge is -2.14. The molecule has 23 heavy (non-hydrogen) atoms. The summed E-state index contributed by atoms with van der Waals surface area (Å²) in [6.07, 6.45) is 2.60. The minimum absolute atomic E-state index is 0.00374. The molecule has 4 rings (SSSR count). The number of anilines is 1. The van der Waals surface area contributed by atoms with Crippen LogP contribution in [-0.4, -0.2) is 17.0 Å². The lowest BCUT2D eigenvalue weighted by Crippen LogP contribution is -2.26. The average molecular weight is 311 g/mol. The molecule has 2 N–H and O–H groups in total. The Hall–Kier alpha value is -2.63. The second-order valence-corrected chi connectivity index (χ2v) is 6.23. The van der Waals surface area contributed by atoms with Crippen LogP contribution in [0.2, 0.25) is 0 Å². The van der Waals surface area contributed by atoms with Gasteiger partial charge in [-0.1, -0.05) is 17.3 Å². The van der Waals surface area contributed by atoms with E-state index in [4.69, 9.17) is 4.52 Å². The van der Waals surface area contributed by atoms with Crippen molar-refractivity contribution in [3.63, 3.8) is 0 Å². The maximum atomic E-state index is 12.3. The number of hydrogen-bond donors (Lipinski definition) is 2. The normalized spacial score (nSPS) is 17.5. The van der Waals surface area contributed by atoms with E-state index in [-0.39, 0.29) is 17.9 Å². The van der Waals surface area contributed by atoms with Crippen molar-refractivity contribution >= 4 is 17.5 Å². The van der Waals surface area contributed by atoms with Gasteiger partial charge in [-0.2, -0.15) is 0 Å². The van der Waals surface area contributed by atoms with Gasteiger partial charge >= 0.3 is 0 Å². The summed E-state index contributed by atoms with van der Waals surface area (Å²) in [6.45, 7) is 1.91. The van der Waals surface area contributed by atoms with Crippen LogP contribution in [-0.2, 0) is 11.2 Å². The van der Waals surface area contributed by atoms with Crippen molar-refractivity contribution in [2.75, 3.05) is 5.32 Å². The standard InChI is InChI=1S/C17H17N3O3/c1-9(11-4-5-13-12(6-11)7-16(21)19-13)18-17(22)14-8-15(23-20-14)10-2-3-10/h4-6,8-10H,2-3,7H2,1H3,(H,18,22)(H,19,21)/t9-/m0/s1. The van der Waals surface area contributed by atoms with Gasteiger partial charge in [-0.05, 0) is 37.0 Å². The van der Waals surface area contributed by atoms with Crippen LogP contribution in [0.5, 0.6) is 0 Å². The SMILES string of the molecule is C[C@H](NC(=O)c1cc(C2CC2)on1)c1ccc2c(c1)CC(=O)N2. The summed E-state index contributed by atoms with van der Waals surface area (Å²) in [6, 6.07) is 7.29. The van der Waals surface area contributed by atoms with Crippen LogP contribution in [0.4, 0.5) is 5.69 Å². The van der Waals surface area contributed by atoms with E-state index in [9.17, 15) is 9.59 Å². The average Bonchev–Trinajstić information content (AvgIpc) is 3.12. The van der Waals surface area contributed by atoms with Crippen LogP contribution in [0.1, 0.15) is 59.1 Å². The molecule has 2 amide bonds. The first-order chi connectivity index (χ1) is 11.1. The molecular formula is C17H17N3O3. The molecule has 6 heteroatoms. The van der Waals surface area contributed by atoms with Gasteiger partial charge in [-0.15, -0.1) is 0 Å². The molecule has 1 atom stereocenters. The number of aromatic nitrogens is 1. The minimum atomic E-state index is -0.247. The number of carbonyl (C=O) groups excluding carboxylic acids is 2. The summed E-state index contributed by atoms with van der Waals surface area (Å²) < 4.78 is 5.21. The zero-order chi connectivity index (χ0) is 16.0. The smallest absolute Gasteiger partial charge is 0.273 e. The Morgan fingerprint density at radius 3 is 3.00 bits per heavy atom. The van der Waals surface area contributed by atoms with Crippen molar-refractivity contribution < 1.29 is 14.1 Å². The fourth-order valence-corrected chi connectivity index (χ4v) is 2.83. The summed E-state index contributed by atoms with van der Waals surface area (Å²) >= 11 is 0. The summed E-state index contributed by atoms with van der Waals surface area (Å²) in [5, 5.41) is 9.57. The summed E-state index contributed by atoms with van der Waals surface area (Å²) in [5.74, 6) is 0.986. The predicted octanol–water partition coefficient (Wildman–Crippen LogP) is 2.54. The van der Waals surface area contributed by atoms with Crippen molar-refractivity contribution in [3.8, 4) is 0 Å². The molecule has 0 bridgehead atoms. The molecule has 1 aliphatic carbocycles. The first-order valence-corrected chi connectivity index (χ1v) is 7.80. The lowest BCUT2D eigenvalue weighted by atomic mass is 10.0. The third-order valence-corrected chi connectivity index (χ3v) is 4.34. The van der Waals surface area contributed by atoms with Crippen molar-refractivity contribution in [1.82, 2.24) is 10.5 Å². The highest BCUT2D eigenvalue weighted by Gasteiger charge is 2.29. The first kappa shape index (κ1) is 14.0.